The molecule has 0 fully saturated rings. The lowest BCUT2D eigenvalue weighted by Gasteiger charge is -2.29. The number of anilines is 1. The number of nitrogens with one attached hydrogen (secondary N) is 2. The van der Waals surface area contributed by atoms with E-state index in [9.17, 15) is 19.1 Å². The van der Waals surface area contributed by atoms with E-state index in [0.29, 0.717) is 11.3 Å². The van der Waals surface area contributed by atoms with Crippen molar-refractivity contribution in [3.63, 3.8) is 0 Å². The number of rotatable bonds is 5. The number of halogens is 1. The molecule has 2 atom stereocenters. The van der Waals surface area contributed by atoms with E-state index in [0.717, 1.165) is 6.42 Å². The van der Waals surface area contributed by atoms with Gasteiger partial charge in [0.25, 0.3) is 0 Å². The van der Waals surface area contributed by atoms with Crippen LogP contribution >= 0.6 is 0 Å². The molecule has 0 heterocycles. The summed E-state index contributed by atoms with van der Waals surface area (Å²) in [6.45, 7) is 7.03. The third-order valence-electron chi connectivity index (χ3n) is 3.92. The highest BCUT2D eigenvalue weighted by molar-refractivity contribution is 6.39. The number of carbonyl (C=O) groups excluding carboxylic acids is 2. The fourth-order valence-electron chi connectivity index (χ4n) is 1.90. The molecule has 1 aromatic carbocycles. The van der Waals surface area contributed by atoms with Gasteiger partial charge < -0.3 is 15.7 Å². The van der Waals surface area contributed by atoms with Crippen molar-refractivity contribution in [2.24, 2.45) is 5.92 Å². The van der Waals surface area contributed by atoms with Crippen LogP contribution in [0.2, 0.25) is 0 Å². The molecule has 0 aliphatic heterocycles. The van der Waals surface area contributed by atoms with Crippen LogP contribution in [-0.2, 0) is 9.59 Å². The van der Waals surface area contributed by atoms with Crippen LogP contribution in [0.5, 0.6) is 0 Å². The third kappa shape index (κ3) is 4.80. The Morgan fingerprint density at radius 3 is 2.55 bits per heavy atom. The Labute approximate surface area is 129 Å². The molecule has 0 aromatic heterocycles. The SMILES string of the molecule is CC[C@H](C)[C@](C)(O)CNC(=O)C(=O)Nc1ccc(F)cc1C. The third-order valence-corrected chi connectivity index (χ3v) is 3.92. The molecule has 0 aliphatic carbocycles. The maximum Gasteiger partial charge on any atom is 0.313 e. The maximum absolute atomic E-state index is 13.0. The van der Waals surface area contributed by atoms with Gasteiger partial charge in [-0.15, -0.1) is 0 Å². The van der Waals surface area contributed by atoms with Gasteiger partial charge >= 0.3 is 11.8 Å². The molecule has 0 radical (unpaired) electrons. The minimum atomic E-state index is -1.09. The summed E-state index contributed by atoms with van der Waals surface area (Å²) < 4.78 is 13.0. The number of amides is 2. The molecule has 0 bridgehead atoms. The van der Waals surface area contributed by atoms with Crippen LogP contribution in [0, 0.1) is 18.7 Å². The van der Waals surface area contributed by atoms with Crippen molar-refractivity contribution in [1.82, 2.24) is 5.32 Å². The van der Waals surface area contributed by atoms with Crippen LogP contribution in [0.1, 0.15) is 32.8 Å². The lowest BCUT2D eigenvalue weighted by atomic mass is 9.89. The second-order valence-corrected chi connectivity index (χ2v) is 5.76. The summed E-state index contributed by atoms with van der Waals surface area (Å²) in [5.41, 5.74) is -0.195. The highest BCUT2D eigenvalue weighted by Crippen LogP contribution is 2.19. The summed E-state index contributed by atoms with van der Waals surface area (Å²) >= 11 is 0. The molecule has 1 aromatic rings. The van der Waals surface area contributed by atoms with Crippen molar-refractivity contribution in [2.75, 3.05) is 11.9 Å². The molecule has 0 saturated heterocycles. The summed E-state index contributed by atoms with van der Waals surface area (Å²) in [4.78, 5) is 23.6. The van der Waals surface area contributed by atoms with Gasteiger partial charge in [-0.3, -0.25) is 9.59 Å². The van der Waals surface area contributed by atoms with E-state index in [4.69, 9.17) is 0 Å². The van der Waals surface area contributed by atoms with E-state index < -0.39 is 23.2 Å². The van der Waals surface area contributed by atoms with Gasteiger partial charge in [-0.1, -0.05) is 20.3 Å². The standard InChI is InChI=1S/C16H23FN2O3/c1-5-11(3)16(4,22)9-18-14(20)15(21)19-13-7-6-12(17)8-10(13)2/h6-8,11,22H,5,9H2,1-4H3,(H,18,20)(H,19,21)/t11-,16+/m0/s1. The minimum Gasteiger partial charge on any atom is -0.388 e. The van der Waals surface area contributed by atoms with Gasteiger partial charge in [-0.05, 0) is 43.5 Å². The molecular formula is C16H23FN2O3. The Hall–Kier alpha value is -1.95. The Kier molecular flexibility index (Phi) is 6.05. The first-order chi connectivity index (χ1) is 10.2. The van der Waals surface area contributed by atoms with Crippen molar-refractivity contribution in [3.8, 4) is 0 Å². The average molecular weight is 310 g/mol. The molecule has 1 rings (SSSR count). The smallest absolute Gasteiger partial charge is 0.313 e. The van der Waals surface area contributed by atoms with Gasteiger partial charge in [0, 0.05) is 12.2 Å². The zero-order chi connectivity index (χ0) is 16.9. The van der Waals surface area contributed by atoms with E-state index in [1.54, 1.807) is 13.8 Å². The molecule has 2 amide bonds. The maximum atomic E-state index is 13.0. The number of aliphatic hydroxyl groups is 1. The van der Waals surface area contributed by atoms with Crippen LogP contribution in [0.25, 0.3) is 0 Å². The van der Waals surface area contributed by atoms with E-state index >= 15 is 0 Å². The van der Waals surface area contributed by atoms with Crippen molar-refractivity contribution in [2.45, 2.75) is 39.7 Å². The van der Waals surface area contributed by atoms with Gasteiger partial charge in [-0.2, -0.15) is 0 Å². The summed E-state index contributed by atoms with van der Waals surface area (Å²) in [6.07, 6.45) is 0.754. The molecule has 0 unspecified atom stereocenters. The number of carbonyl (C=O) groups is 2. The molecule has 6 heteroatoms. The molecule has 122 valence electrons. The zero-order valence-electron chi connectivity index (χ0n) is 13.4. The first-order valence-electron chi connectivity index (χ1n) is 7.25. The number of hydrogen-bond donors (Lipinski definition) is 3. The molecule has 3 N–H and O–H groups in total. The van der Waals surface area contributed by atoms with Gasteiger partial charge in [0.05, 0.1) is 5.60 Å². The van der Waals surface area contributed by atoms with Crippen LogP contribution in [-0.4, -0.2) is 29.1 Å². The van der Waals surface area contributed by atoms with Gasteiger partial charge in [0.2, 0.25) is 0 Å². The Balaban J connectivity index is 2.61. The topological polar surface area (TPSA) is 78.4 Å². The molecule has 0 aliphatic rings. The normalized spacial score (nSPS) is 14.8. The summed E-state index contributed by atoms with van der Waals surface area (Å²) in [6, 6.07) is 3.86. The van der Waals surface area contributed by atoms with Gasteiger partial charge in [-0.25, -0.2) is 4.39 Å². The van der Waals surface area contributed by atoms with Crippen molar-refractivity contribution in [3.05, 3.63) is 29.6 Å². The first kappa shape index (κ1) is 18.1. The first-order valence-corrected chi connectivity index (χ1v) is 7.25. The minimum absolute atomic E-state index is 0.0172. The molecule has 22 heavy (non-hydrogen) atoms. The second-order valence-electron chi connectivity index (χ2n) is 5.76. The Bertz CT molecular complexity index is 558. The Morgan fingerprint density at radius 2 is 2.00 bits per heavy atom. The van der Waals surface area contributed by atoms with Crippen LogP contribution in [0.15, 0.2) is 18.2 Å². The molecule has 0 saturated carbocycles. The zero-order valence-corrected chi connectivity index (χ0v) is 13.4. The monoisotopic (exact) mass is 310 g/mol. The van der Waals surface area contributed by atoms with Crippen molar-refractivity contribution in [1.29, 1.82) is 0 Å². The van der Waals surface area contributed by atoms with Crippen LogP contribution in [0.4, 0.5) is 10.1 Å². The second kappa shape index (κ2) is 7.35. The fraction of sp³-hybridized carbons (Fsp3) is 0.500. The number of benzene rings is 1. The van der Waals surface area contributed by atoms with Gasteiger partial charge in [0.1, 0.15) is 5.82 Å². The fourth-order valence-corrected chi connectivity index (χ4v) is 1.90. The molecular weight excluding hydrogens is 287 g/mol. The van der Waals surface area contributed by atoms with E-state index in [2.05, 4.69) is 10.6 Å². The number of aryl methyl sites for hydroxylation is 1. The van der Waals surface area contributed by atoms with E-state index in [1.807, 2.05) is 13.8 Å². The highest BCUT2D eigenvalue weighted by atomic mass is 19.1. The largest absolute Gasteiger partial charge is 0.388 e. The summed E-state index contributed by atoms with van der Waals surface area (Å²) in [5, 5.41) is 15.0. The Morgan fingerprint density at radius 1 is 1.36 bits per heavy atom. The predicted octanol–water partition coefficient (Wildman–Crippen LogP) is 1.99. The van der Waals surface area contributed by atoms with Crippen LogP contribution in [0.3, 0.4) is 0 Å². The lowest BCUT2D eigenvalue weighted by Crippen LogP contribution is -2.47. The molecule has 0 spiro atoms. The van der Waals surface area contributed by atoms with E-state index in [-0.39, 0.29) is 12.5 Å². The van der Waals surface area contributed by atoms with Crippen molar-refractivity contribution >= 4 is 17.5 Å². The lowest BCUT2D eigenvalue weighted by molar-refractivity contribution is -0.137. The van der Waals surface area contributed by atoms with E-state index in [1.165, 1.54) is 18.2 Å². The predicted molar refractivity (Wildman–Crippen MR) is 82.9 cm³/mol. The van der Waals surface area contributed by atoms with Crippen LogP contribution < -0.4 is 10.6 Å². The number of hydrogen-bond acceptors (Lipinski definition) is 3. The van der Waals surface area contributed by atoms with Gasteiger partial charge in [0.15, 0.2) is 0 Å². The average Bonchev–Trinajstić information content (AvgIpc) is 2.46. The highest BCUT2D eigenvalue weighted by Gasteiger charge is 2.28. The molecule has 5 nitrogen and oxygen atoms in total. The quantitative estimate of drug-likeness (QED) is 0.728. The summed E-state index contributed by atoms with van der Waals surface area (Å²) in [5.74, 6) is -2.12. The van der Waals surface area contributed by atoms with Crippen molar-refractivity contribution < 1.29 is 19.1 Å². The summed E-state index contributed by atoms with van der Waals surface area (Å²) in [7, 11) is 0.